The van der Waals surface area contributed by atoms with Crippen molar-refractivity contribution in [2.45, 2.75) is 25.6 Å². The second-order valence-corrected chi connectivity index (χ2v) is 4.25. The van der Waals surface area contributed by atoms with Crippen LogP contribution in [-0.2, 0) is 6.42 Å². The summed E-state index contributed by atoms with van der Waals surface area (Å²) in [6, 6.07) is 6.29. The first-order chi connectivity index (χ1) is 7.78. The lowest BCUT2D eigenvalue weighted by Gasteiger charge is -2.25. The molecule has 0 amide bonds. The normalized spacial score (nSPS) is 14.0. The van der Waals surface area contributed by atoms with E-state index in [0.29, 0.717) is 6.42 Å². The summed E-state index contributed by atoms with van der Waals surface area (Å²) in [4.78, 5) is 1.27. The third-order valence-electron chi connectivity index (χ3n) is 2.65. The third-order valence-corrected chi connectivity index (χ3v) is 2.65. The van der Waals surface area contributed by atoms with Crippen LogP contribution in [0.3, 0.4) is 0 Å². The van der Waals surface area contributed by atoms with E-state index in [1.165, 1.54) is 24.1 Å². The van der Waals surface area contributed by atoms with E-state index in [9.17, 15) is 13.2 Å². The van der Waals surface area contributed by atoms with Crippen LogP contribution in [0, 0.1) is 0 Å². The molecular weight excluding hydrogens is 231 g/mol. The molecule has 1 atom stereocenters. The molecule has 17 heavy (non-hydrogen) atoms. The third kappa shape index (κ3) is 5.08. The predicted octanol–water partition coefficient (Wildman–Crippen LogP) is 2.82. The summed E-state index contributed by atoms with van der Waals surface area (Å²) in [5.74, 6) is 0.157. The van der Waals surface area contributed by atoms with Gasteiger partial charge in [-0.3, -0.25) is 4.90 Å². The molecule has 0 spiro atoms. The first-order valence-electron chi connectivity index (χ1n) is 5.33. The summed E-state index contributed by atoms with van der Waals surface area (Å²) in [7, 11) is 1.46. The average molecular weight is 247 g/mol. The number of benzene rings is 1. The number of rotatable bonds is 4. The quantitative estimate of drug-likeness (QED) is 0.884. The summed E-state index contributed by atoms with van der Waals surface area (Å²) < 4.78 is 36.6. The van der Waals surface area contributed by atoms with Crippen LogP contribution >= 0.6 is 0 Å². The Kier molecular flexibility index (Phi) is 4.40. The molecule has 2 nitrogen and oxygen atoms in total. The largest absolute Gasteiger partial charge is 0.508 e. The van der Waals surface area contributed by atoms with Gasteiger partial charge in [0.15, 0.2) is 0 Å². The SMILES string of the molecule is CC(Cc1ccc(O)cc1)N(C)CC(F)(F)F. The topological polar surface area (TPSA) is 23.5 Å². The van der Waals surface area contributed by atoms with E-state index >= 15 is 0 Å². The van der Waals surface area contributed by atoms with Crippen LogP contribution in [0.4, 0.5) is 13.2 Å². The van der Waals surface area contributed by atoms with E-state index in [-0.39, 0.29) is 11.8 Å². The Labute approximate surface area is 98.7 Å². The van der Waals surface area contributed by atoms with Gasteiger partial charge in [0, 0.05) is 6.04 Å². The molecular formula is C12H16F3NO. The Balaban J connectivity index is 2.54. The summed E-state index contributed by atoms with van der Waals surface area (Å²) in [5, 5.41) is 9.09. The lowest BCUT2D eigenvalue weighted by molar-refractivity contribution is -0.146. The van der Waals surface area contributed by atoms with Gasteiger partial charge in [0.25, 0.3) is 0 Å². The van der Waals surface area contributed by atoms with Crippen LogP contribution in [0.25, 0.3) is 0 Å². The van der Waals surface area contributed by atoms with E-state index < -0.39 is 12.7 Å². The lowest BCUT2D eigenvalue weighted by Crippen LogP contribution is -2.38. The number of nitrogens with zero attached hydrogens (tertiary/aromatic N) is 1. The fourth-order valence-electron chi connectivity index (χ4n) is 1.57. The Bertz CT molecular complexity index is 348. The van der Waals surface area contributed by atoms with Crippen LogP contribution in [0.1, 0.15) is 12.5 Å². The molecule has 1 unspecified atom stereocenters. The zero-order valence-electron chi connectivity index (χ0n) is 9.83. The highest BCUT2D eigenvalue weighted by Gasteiger charge is 2.30. The number of likely N-dealkylation sites (N-methyl/N-ethyl adjacent to an activating group) is 1. The number of hydrogen-bond donors (Lipinski definition) is 1. The molecule has 0 fully saturated rings. The van der Waals surface area contributed by atoms with Crippen molar-refractivity contribution in [2.75, 3.05) is 13.6 Å². The minimum Gasteiger partial charge on any atom is -0.508 e. The lowest BCUT2D eigenvalue weighted by atomic mass is 10.1. The second-order valence-electron chi connectivity index (χ2n) is 4.25. The van der Waals surface area contributed by atoms with Gasteiger partial charge in [-0.25, -0.2) is 0 Å². The van der Waals surface area contributed by atoms with Crippen LogP contribution in [0.15, 0.2) is 24.3 Å². The van der Waals surface area contributed by atoms with Crippen molar-refractivity contribution in [1.82, 2.24) is 4.90 Å². The van der Waals surface area contributed by atoms with Gasteiger partial charge in [-0.05, 0) is 38.1 Å². The van der Waals surface area contributed by atoms with E-state index in [0.717, 1.165) is 5.56 Å². The van der Waals surface area contributed by atoms with E-state index in [4.69, 9.17) is 5.11 Å². The first-order valence-corrected chi connectivity index (χ1v) is 5.33. The smallest absolute Gasteiger partial charge is 0.401 e. The number of hydrogen-bond acceptors (Lipinski definition) is 2. The molecule has 0 heterocycles. The van der Waals surface area contributed by atoms with Gasteiger partial charge in [0.05, 0.1) is 6.54 Å². The van der Waals surface area contributed by atoms with Crippen LogP contribution in [0.2, 0.25) is 0 Å². The number of halogens is 3. The van der Waals surface area contributed by atoms with E-state index in [2.05, 4.69) is 0 Å². The Morgan fingerprint density at radius 1 is 1.24 bits per heavy atom. The molecule has 0 aliphatic carbocycles. The molecule has 1 aromatic carbocycles. The van der Waals surface area contributed by atoms with Crippen molar-refractivity contribution in [3.05, 3.63) is 29.8 Å². The highest BCUT2D eigenvalue weighted by molar-refractivity contribution is 5.26. The van der Waals surface area contributed by atoms with Crippen LogP contribution in [0.5, 0.6) is 5.75 Å². The highest BCUT2D eigenvalue weighted by Crippen LogP contribution is 2.18. The Morgan fingerprint density at radius 3 is 2.24 bits per heavy atom. The Hall–Kier alpha value is -1.23. The molecule has 1 aromatic rings. The van der Waals surface area contributed by atoms with Gasteiger partial charge < -0.3 is 5.11 Å². The summed E-state index contributed by atoms with van der Waals surface area (Å²) in [6.45, 7) is 0.838. The predicted molar refractivity (Wildman–Crippen MR) is 60.0 cm³/mol. The number of alkyl halides is 3. The monoisotopic (exact) mass is 247 g/mol. The molecule has 0 aliphatic heterocycles. The van der Waals surface area contributed by atoms with Crippen molar-refractivity contribution in [1.29, 1.82) is 0 Å². The van der Waals surface area contributed by atoms with Crippen molar-refractivity contribution in [2.24, 2.45) is 0 Å². The summed E-state index contributed by atoms with van der Waals surface area (Å²) in [6.07, 6.45) is -3.65. The molecule has 96 valence electrons. The van der Waals surface area contributed by atoms with Crippen molar-refractivity contribution >= 4 is 0 Å². The van der Waals surface area contributed by atoms with Crippen LogP contribution in [-0.4, -0.2) is 35.8 Å². The van der Waals surface area contributed by atoms with E-state index in [1.807, 2.05) is 0 Å². The molecule has 0 saturated heterocycles. The van der Waals surface area contributed by atoms with Gasteiger partial charge >= 0.3 is 6.18 Å². The minimum atomic E-state index is -4.17. The standard InChI is InChI=1S/C12H16F3NO/c1-9(16(2)8-12(13,14)15)7-10-3-5-11(17)6-4-10/h3-6,9,17H,7-8H2,1-2H3. The maximum atomic E-state index is 12.2. The number of phenolic OH excluding ortho intramolecular Hbond substituents is 1. The Morgan fingerprint density at radius 2 is 1.76 bits per heavy atom. The van der Waals surface area contributed by atoms with Crippen molar-refractivity contribution < 1.29 is 18.3 Å². The van der Waals surface area contributed by atoms with Crippen molar-refractivity contribution in [3.8, 4) is 5.75 Å². The first kappa shape index (κ1) is 13.8. The maximum absolute atomic E-state index is 12.2. The molecule has 0 aromatic heterocycles. The van der Waals surface area contributed by atoms with Gasteiger partial charge in [0.2, 0.25) is 0 Å². The van der Waals surface area contributed by atoms with Gasteiger partial charge in [-0.1, -0.05) is 12.1 Å². The summed E-state index contributed by atoms with van der Waals surface area (Å²) in [5.41, 5.74) is 0.907. The minimum absolute atomic E-state index is 0.157. The highest BCUT2D eigenvalue weighted by atomic mass is 19.4. The molecule has 0 aliphatic rings. The molecule has 0 saturated carbocycles. The fourth-order valence-corrected chi connectivity index (χ4v) is 1.57. The molecule has 5 heteroatoms. The van der Waals surface area contributed by atoms with Gasteiger partial charge in [-0.2, -0.15) is 13.2 Å². The molecule has 0 radical (unpaired) electrons. The molecule has 1 N–H and O–H groups in total. The zero-order valence-corrected chi connectivity index (χ0v) is 9.83. The zero-order chi connectivity index (χ0) is 13.1. The second kappa shape index (κ2) is 5.40. The van der Waals surface area contributed by atoms with Crippen molar-refractivity contribution in [3.63, 3.8) is 0 Å². The van der Waals surface area contributed by atoms with E-state index in [1.54, 1.807) is 19.1 Å². The number of phenols is 1. The number of aromatic hydroxyl groups is 1. The van der Waals surface area contributed by atoms with Crippen LogP contribution < -0.4 is 0 Å². The molecule has 1 rings (SSSR count). The summed E-state index contributed by atoms with van der Waals surface area (Å²) >= 11 is 0. The average Bonchev–Trinajstić information content (AvgIpc) is 2.19. The van der Waals surface area contributed by atoms with Gasteiger partial charge in [-0.15, -0.1) is 0 Å². The maximum Gasteiger partial charge on any atom is 0.401 e. The fraction of sp³-hybridized carbons (Fsp3) is 0.500. The van der Waals surface area contributed by atoms with Gasteiger partial charge in [0.1, 0.15) is 5.75 Å². The molecule has 0 bridgehead atoms.